The highest BCUT2D eigenvalue weighted by Crippen LogP contribution is 2.38. The number of nitrogens with zero attached hydrogens (tertiary/aromatic N) is 3. The van der Waals surface area contributed by atoms with E-state index in [0.29, 0.717) is 0 Å². The van der Waals surface area contributed by atoms with Crippen LogP contribution in [0.2, 0.25) is 0 Å². The van der Waals surface area contributed by atoms with E-state index in [9.17, 15) is 0 Å². The predicted molar refractivity (Wildman–Crippen MR) is 172 cm³/mol. The molecule has 0 saturated heterocycles. The van der Waals surface area contributed by atoms with Crippen LogP contribution >= 0.6 is 0 Å². The average Bonchev–Trinajstić information content (AvgIpc) is 3.72. The van der Waals surface area contributed by atoms with Gasteiger partial charge in [0.25, 0.3) is 0 Å². The minimum atomic E-state index is 1.14. The molecule has 3 heteroatoms. The van der Waals surface area contributed by atoms with Crippen molar-refractivity contribution in [3.63, 3.8) is 0 Å². The van der Waals surface area contributed by atoms with Gasteiger partial charge < -0.3 is 13.7 Å². The minimum absolute atomic E-state index is 1.14. The Morgan fingerprint density at radius 1 is 0.317 bits per heavy atom. The SMILES string of the molecule is c1ccc(-n2c3ccccc3c3ccc4ccn(-c5ccc(-n6c7ccccc7c7ccccc76)cc5)c4c32)cc1. The Morgan fingerprint density at radius 2 is 0.829 bits per heavy atom. The Balaban J connectivity index is 1.29. The Hall–Kier alpha value is -5.54. The highest BCUT2D eigenvalue weighted by molar-refractivity contribution is 6.18. The van der Waals surface area contributed by atoms with Gasteiger partial charge in [-0.05, 0) is 60.7 Å². The zero-order chi connectivity index (χ0) is 26.9. The zero-order valence-corrected chi connectivity index (χ0v) is 22.3. The number of rotatable bonds is 3. The summed E-state index contributed by atoms with van der Waals surface area (Å²) in [5.74, 6) is 0. The average molecular weight is 524 g/mol. The van der Waals surface area contributed by atoms with Gasteiger partial charge in [-0.2, -0.15) is 0 Å². The van der Waals surface area contributed by atoms with E-state index in [1.165, 1.54) is 60.2 Å². The highest BCUT2D eigenvalue weighted by atomic mass is 15.0. The molecule has 192 valence electrons. The van der Waals surface area contributed by atoms with Crippen molar-refractivity contribution in [3.8, 4) is 17.1 Å². The summed E-state index contributed by atoms with van der Waals surface area (Å²) in [5, 5.41) is 6.31. The fourth-order valence-electron chi connectivity index (χ4n) is 6.70. The van der Waals surface area contributed by atoms with E-state index in [2.05, 4.69) is 165 Å². The van der Waals surface area contributed by atoms with E-state index < -0.39 is 0 Å². The van der Waals surface area contributed by atoms with E-state index in [4.69, 9.17) is 0 Å². The van der Waals surface area contributed by atoms with Crippen molar-refractivity contribution < 1.29 is 0 Å². The maximum absolute atomic E-state index is 2.41. The lowest BCUT2D eigenvalue weighted by Gasteiger charge is -2.13. The van der Waals surface area contributed by atoms with Gasteiger partial charge in [-0.3, -0.25) is 0 Å². The van der Waals surface area contributed by atoms with E-state index in [1.807, 2.05) is 0 Å². The first-order valence-corrected chi connectivity index (χ1v) is 14.0. The maximum Gasteiger partial charge on any atom is 0.0788 e. The number of hydrogen-bond donors (Lipinski definition) is 0. The summed E-state index contributed by atoms with van der Waals surface area (Å²) < 4.78 is 7.12. The third kappa shape index (κ3) is 3.14. The monoisotopic (exact) mass is 523 g/mol. The first-order valence-electron chi connectivity index (χ1n) is 14.0. The molecular formula is C38H25N3. The van der Waals surface area contributed by atoms with Crippen LogP contribution in [0.25, 0.3) is 71.6 Å². The van der Waals surface area contributed by atoms with Crippen LogP contribution in [-0.4, -0.2) is 13.7 Å². The molecule has 9 rings (SSSR count). The molecule has 0 saturated carbocycles. The van der Waals surface area contributed by atoms with E-state index in [1.54, 1.807) is 0 Å². The molecule has 3 nitrogen and oxygen atoms in total. The Bertz CT molecular complexity index is 2350. The number of benzene rings is 6. The Morgan fingerprint density at radius 3 is 1.49 bits per heavy atom. The molecule has 0 bridgehead atoms. The summed E-state index contributed by atoms with van der Waals surface area (Å²) in [4.78, 5) is 0. The van der Waals surface area contributed by atoms with Crippen LogP contribution < -0.4 is 0 Å². The summed E-state index contributed by atoms with van der Waals surface area (Å²) in [5.41, 5.74) is 9.58. The first-order chi connectivity index (χ1) is 20.4. The summed E-state index contributed by atoms with van der Waals surface area (Å²) in [6.07, 6.45) is 2.20. The maximum atomic E-state index is 2.41. The van der Waals surface area contributed by atoms with E-state index >= 15 is 0 Å². The minimum Gasteiger partial charge on any atom is -0.315 e. The van der Waals surface area contributed by atoms with Crippen LogP contribution in [0.4, 0.5) is 0 Å². The van der Waals surface area contributed by atoms with Crippen LogP contribution in [0.5, 0.6) is 0 Å². The summed E-state index contributed by atoms with van der Waals surface area (Å²) >= 11 is 0. The van der Waals surface area contributed by atoms with Crippen LogP contribution in [-0.2, 0) is 0 Å². The predicted octanol–water partition coefficient (Wildman–Crippen LogP) is 9.82. The molecule has 3 aromatic heterocycles. The standard InChI is InChI=1S/C38H25N3/c1-2-10-28(11-3-1)41-36-17-9-6-14-32(36)33-23-18-26-24-25-39(37(26)38(33)41)27-19-21-29(22-20-27)40-34-15-7-4-12-30(34)31-13-5-8-16-35(31)40/h1-25H. The highest BCUT2D eigenvalue weighted by Gasteiger charge is 2.18. The number of fused-ring (bicyclic) bond motifs is 8. The van der Waals surface area contributed by atoms with Gasteiger partial charge in [0.1, 0.15) is 0 Å². The fourth-order valence-corrected chi connectivity index (χ4v) is 6.70. The molecule has 41 heavy (non-hydrogen) atoms. The van der Waals surface area contributed by atoms with Crippen LogP contribution in [0, 0.1) is 0 Å². The molecule has 6 aromatic carbocycles. The molecule has 0 aliphatic heterocycles. The smallest absolute Gasteiger partial charge is 0.0788 e. The summed E-state index contributed by atoms with van der Waals surface area (Å²) in [6.45, 7) is 0. The summed E-state index contributed by atoms with van der Waals surface area (Å²) in [6, 6.07) is 52.5. The van der Waals surface area contributed by atoms with Gasteiger partial charge in [0.15, 0.2) is 0 Å². The van der Waals surface area contributed by atoms with Gasteiger partial charge in [-0.1, -0.05) is 84.9 Å². The molecule has 0 fully saturated rings. The fraction of sp³-hybridized carbons (Fsp3) is 0. The number of para-hydroxylation sites is 4. The van der Waals surface area contributed by atoms with Gasteiger partial charge in [0.2, 0.25) is 0 Å². The molecule has 0 N–H and O–H groups in total. The number of aromatic nitrogens is 3. The van der Waals surface area contributed by atoms with E-state index in [-0.39, 0.29) is 0 Å². The molecule has 3 heterocycles. The van der Waals surface area contributed by atoms with Crippen molar-refractivity contribution in [2.75, 3.05) is 0 Å². The van der Waals surface area contributed by atoms with Gasteiger partial charge >= 0.3 is 0 Å². The van der Waals surface area contributed by atoms with Crippen LogP contribution in [0.3, 0.4) is 0 Å². The number of hydrogen-bond acceptors (Lipinski definition) is 0. The van der Waals surface area contributed by atoms with Gasteiger partial charge in [0, 0.05) is 50.2 Å². The van der Waals surface area contributed by atoms with Crippen molar-refractivity contribution >= 4 is 54.5 Å². The van der Waals surface area contributed by atoms with Crippen molar-refractivity contribution in [1.82, 2.24) is 13.7 Å². The molecule has 0 spiro atoms. The van der Waals surface area contributed by atoms with Crippen molar-refractivity contribution in [2.45, 2.75) is 0 Å². The summed E-state index contributed by atoms with van der Waals surface area (Å²) in [7, 11) is 0. The third-order valence-corrected chi connectivity index (χ3v) is 8.47. The second kappa shape index (κ2) is 8.48. The normalized spacial score (nSPS) is 11.9. The largest absolute Gasteiger partial charge is 0.315 e. The Kier molecular flexibility index (Phi) is 4.61. The molecule has 0 aliphatic rings. The molecule has 0 atom stereocenters. The second-order valence-electron chi connectivity index (χ2n) is 10.7. The second-order valence-corrected chi connectivity index (χ2v) is 10.7. The third-order valence-electron chi connectivity index (χ3n) is 8.47. The topological polar surface area (TPSA) is 14.8 Å². The zero-order valence-electron chi connectivity index (χ0n) is 22.3. The van der Waals surface area contributed by atoms with Crippen molar-refractivity contribution in [2.24, 2.45) is 0 Å². The van der Waals surface area contributed by atoms with Gasteiger partial charge in [0.05, 0.1) is 27.6 Å². The lowest BCUT2D eigenvalue weighted by atomic mass is 10.1. The van der Waals surface area contributed by atoms with Gasteiger partial charge in [-0.25, -0.2) is 0 Å². The van der Waals surface area contributed by atoms with Crippen molar-refractivity contribution in [3.05, 3.63) is 152 Å². The quantitative estimate of drug-likeness (QED) is 0.219. The van der Waals surface area contributed by atoms with E-state index in [0.717, 1.165) is 11.4 Å². The first kappa shape index (κ1) is 22.3. The molecule has 0 unspecified atom stereocenters. The Labute approximate surface area is 236 Å². The van der Waals surface area contributed by atoms with Crippen LogP contribution in [0.15, 0.2) is 152 Å². The molecule has 0 amide bonds. The molecular weight excluding hydrogens is 498 g/mol. The van der Waals surface area contributed by atoms with Crippen molar-refractivity contribution in [1.29, 1.82) is 0 Å². The molecule has 0 aliphatic carbocycles. The lowest BCUT2D eigenvalue weighted by molar-refractivity contribution is 1.10. The molecule has 0 radical (unpaired) electrons. The molecule has 9 aromatic rings. The van der Waals surface area contributed by atoms with Gasteiger partial charge in [-0.15, -0.1) is 0 Å². The van der Waals surface area contributed by atoms with Crippen LogP contribution in [0.1, 0.15) is 0 Å². The lowest BCUT2D eigenvalue weighted by Crippen LogP contribution is -1.99.